The third-order valence-electron chi connectivity index (χ3n) is 5.48. The SMILES string of the molecule is Cc1ccc(C2(O)CCN(C(=O)c3cc4n(n3)CCN(C)C4=O)CC2)nc1. The second-order valence-corrected chi connectivity index (χ2v) is 7.41. The van der Waals surface area contributed by atoms with Crippen molar-refractivity contribution in [3.63, 3.8) is 0 Å². The molecular formula is C19H23N5O3. The highest BCUT2D eigenvalue weighted by Gasteiger charge is 2.37. The van der Waals surface area contributed by atoms with Crippen molar-refractivity contribution in [2.45, 2.75) is 31.9 Å². The predicted molar refractivity (Wildman–Crippen MR) is 97.2 cm³/mol. The third kappa shape index (κ3) is 3.10. The Kier molecular flexibility index (Phi) is 4.22. The molecule has 1 saturated heterocycles. The summed E-state index contributed by atoms with van der Waals surface area (Å²) in [6.45, 7) is 3.96. The minimum absolute atomic E-state index is 0.119. The molecule has 0 aliphatic carbocycles. The Hall–Kier alpha value is -2.74. The molecule has 2 aromatic heterocycles. The van der Waals surface area contributed by atoms with Crippen molar-refractivity contribution >= 4 is 11.8 Å². The van der Waals surface area contributed by atoms with Gasteiger partial charge in [-0.3, -0.25) is 19.3 Å². The number of fused-ring (bicyclic) bond motifs is 1. The summed E-state index contributed by atoms with van der Waals surface area (Å²) in [6, 6.07) is 5.35. The first-order valence-corrected chi connectivity index (χ1v) is 9.15. The van der Waals surface area contributed by atoms with Crippen LogP contribution in [-0.2, 0) is 12.1 Å². The van der Waals surface area contributed by atoms with Gasteiger partial charge in [0.2, 0.25) is 0 Å². The summed E-state index contributed by atoms with van der Waals surface area (Å²) in [4.78, 5) is 32.7. The molecule has 27 heavy (non-hydrogen) atoms. The van der Waals surface area contributed by atoms with Gasteiger partial charge in [-0.2, -0.15) is 5.10 Å². The maximum Gasteiger partial charge on any atom is 0.274 e. The first-order chi connectivity index (χ1) is 12.9. The van der Waals surface area contributed by atoms with Crippen LogP contribution >= 0.6 is 0 Å². The van der Waals surface area contributed by atoms with Crippen LogP contribution < -0.4 is 0 Å². The summed E-state index contributed by atoms with van der Waals surface area (Å²) >= 11 is 0. The van der Waals surface area contributed by atoms with Crippen molar-refractivity contribution in [2.24, 2.45) is 0 Å². The standard InChI is InChI=1S/C19H23N5O3/c1-13-3-4-16(20-12-13)19(27)5-7-23(8-6-19)17(25)14-11-15-18(26)22(2)9-10-24(15)21-14/h3-4,11-12,27H,5-10H2,1-2H3. The van der Waals surface area contributed by atoms with Crippen LogP contribution in [0.15, 0.2) is 24.4 Å². The lowest BCUT2D eigenvalue weighted by atomic mass is 9.87. The lowest BCUT2D eigenvalue weighted by molar-refractivity contribution is -0.0245. The second-order valence-electron chi connectivity index (χ2n) is 7.41. The van der Waals surface area contributed by atoms with Crippen LogP contribution in [0.4, 0.5) is 0 Å². The number of aryl methyl sites for hydroxylation is 1. The van der Waals surface area contributed by atoms with E-state index in [9.17, 15) is 14.7 Å². The molecule has 0 unspecified atom stereocenters. The number of likely N-dealkylation sites (N-methyl/N-ethyl adjacent to an activating group) is 1. The number of amides is 2. The molecular weight excluding hydrogens is 346 g/mol. The van der Waals surface area contributed by atoms with E-state index in [1.165, 1.54) is 0 Å². The molecule has 0 spiro atoms. The Morgan fingerprint density at radius 3 is 2.59 bits per heavy atom. The minimum Gasteiger partial charge on any atom is -0.383 e. The van der Waals surface area contributed by atoms with E-state index >= 15 is 0 Å². The number of carbonyl (C=O) groups excluding carboxylic acids is 2. The zero-order valence-electron chi connectivity index (χ0n) is 15.6. The molecule has 4 rings (SSSR count). The molecule has 8 heteroatoms. The predicted octanol–water partition coefficient (Wildman–Crippen LogP) is 0.796. The van der Waals surface area contributed by atoms with E-state index in [4.69, 9.17) is 0 Å². The van der Waals surface area contributed by atoms with Crippen molar-refractivity contribution in [1.82, 2.24) is 24.6 Å². The normalized spacial score (nSPS) is 19.1. The Morgan fingerprint density at radius 2 is 1.93 bits per heavy atom. The van der Waals surface area contributed by atoms with Gasteiger partial charge < -0.3 is 14.9 Å². The van der Waals surface area contributed by atoms with Gasteiger partial charge in [0, 0.05) is 38.9 Å². The van der Waals surface area contributed by atoms with E-state index < -0.39 is 5.60 Å². The lowest BCUT2D eigenvalue weighted by Crippen LogP contribution is -2.45. The smallest absolute Gasteiger partial charge is 0.274 e. The maximum atomic E-state index is 12.8. The molecule has 0 radical (unpaired) electrons. The number of aliphatic hydroxyl groups is 1. The first-order valence-electron chi connectivity index (χ1n) is 9.15. The molecule has 0 bridgehead atoms. The van der Waals surface area contributed by atoms with Crippen molar-refractivity contribution in [3.8, 4) is 0 Å². The van der Waals surface area contributed by atoms with Gasteiger partial charge in [-0.1, -0.05) is 6.07 Å². The molecule has 8 nitrogen and oxygen atoms in total. The summed E-state index contributed by atoms with van der Waals surface area (Å²) in [5, 5.41) is 15.2. The van der Waals surface area contributed by atoms with Gasteiger partial charge in [0.05, 0.1) is 12.2 Å². The molecule has 2 aliphatic rings. The minimum atomic E-state index is -1.02. The highest BCUT2D eigenvalue weighted by atomic mass is 16.3. The van der Waals surface area contributed by atoms with Crippen LogP contribution in [0.3, 0.4) is 0 Å². The number of piperidine rings is 1. The zero-order chi connectivity index (χ0) is 19.2. The molecule has 2 aliphatic heterocycles. The third-order valence-corrected chi connectivity index (χ3v) is 5.48. The fourth-order valence-electron chi connectivity index (χ4n) is 3.65. The fourth-order valence-corrected chi connectivity index (χ4v) is 3.65. The molecule has 2 aromatic rings. The molecule has 0 aromatic carbocycles. The topological polar surface area (TPSA) is 91.6 Å². The largest absolute Gasteiger partial charge is 0.383 e. The highest BCUT2D eigenvalue weighted by Crippen LogP contribution is 2.32. The summed E-state index contributed by atoms with van der Waals surface area (Å²) < 4.78 is 1.60. The van der Waals surface area contributed by atoms with Gasteiger partial charge in [0.1, 0.15) is 11.3 Å². The highest BCUT2D eigenvalue weighted by molar-refractivity contribution is 5.98. The van der Waals surface area contributed by atoms with Gasteiger partial charge in [-0.05, 0) is 31.4 Å². The molecule has 142 valence electrons. The summed E-state index contributed by atoms with van der Waals surface area (Å²) in [7, 11) is 1.74. The number of hydrogen-bond donors (Lipinski definition) is 1. The van der Waals surface area contributed by atoms with Crippen LogP contribution in [0.2, 0.25) is 0 Å². The monoisotopic (exact) mass is 369 g/mol. The number of carbonyl (C=O) groups is 2. The van der Waals surface area contributed by atoms with E-state index in [0.29, 0.717) is 50.4 Å². The Morgan fingerprint density at radius 1 is 1.19 bits per heavy atom. The van der Waals surface area contributed by atoms with E-state index in [1.54, 1.807) is 33.8 Å². The average Bonchev–Trinajstić information content (AvgIpc) is 3.10. The molecule has 1 fully saturated rings. The molecule has 1 N–H and O–H groups in total. The van der Waals surface area contributed by atoms with Gasteiger partial charge in [0.15, 0.2) is 5.69 Å². The fraction of sp³-hybridized carbons (Fsp3) is 0.474. The number of likely N-dealkylation sites (tertiary alicyclic amines) is 1. The van der Waals surface area contributed by atoms with Crippen molar-refractivity contribution in [3.05, 3.63) is 47.0 Å². The quantitative estimate of drug-likeness (QED) is 0.845. The Bertz CT molecular complexity index is 881. The van der Waals surface area contributed by atoms with E-state index in [2.05, 4.69) is 10.1 Å². The number of aromatic nitrogens is 3. The molecule has 2 amide bonds. The number of hydrogen-bond acceptors (Lipinski definition) is 5. The van der Waals surface area contributed by atoms with Gasteiger partial charge in [0.25, 0.3) is 11.8 Å². The number of rotatable bonds is 2. The zero-order valence-corrected chi connectivity index (χ0v) is 15.6. The van der Waals surface area contributed by atoms with Gasteiger partial charge >= 0.3 is 0 Å². The van der Waals surface area contributed by atoms with E-state index in [-0.39, 0.29) is 17.5 Å². The van der Waals surface area contributed by atoms with Crippen LogP contribution in [0, 0.1) is 6.92 Å². The van der Waals surface area contributed by atoms with Crippen LogP contribution in [-0.4, -0.2) is 68.2 Å². The Balaban J connectivity index is 1.47. The van der Waals surface area contributed by atoms with Gasteiger partial charge in [-0.25, -0.2) is 0 Å². The molecule has 0 saturated carbocycles. The van der Waals surface area contributed by atoms with Crippen LogP contribution in [0.5, 0.6) is 0 Å². The number of pyridine rings is 1. The Labute approximate surface area is 157 Å². The molecule has 0 atom stereocenters. The second kappa shape index (κ2) is 6.45. The van der Waals surface area contributed by atoms with Crippen LogP contribution in [0.1, 0.15) is 45.1 Å². The lowest BCUT2D eigenvalue weighted by Gasteiger charge is -2.37. The number of nitrogens with zero attached hydrogens (tertiary/aromatic N) is 5. The van der Waals surface area contributed by atoms with Crippen molar-refractivity contribution in [2.75, 3.05) is 26.7 Å². The average molecular weight is 369 g/mol. The summed E-state index contributed by atoms with van der Waals surface area (Å²) in [5.41, 5.74) is 1.40. The summed E-state index contributed by atoms with van der Waals surface area (Å²) in [6.07, 6.45) is 2.59. The molecule has 4 heterocycles. The maximum absolute atomic E-state index is 12.8. The first kappa shape index (κ1) is 17.7. The van der Waals surface area contributed by atoms with Crippen LogP contribution in [0.25, 0.3) is 0 Å². The van der Waals surface area contributed by atoms with Gasteiger partial charge in [-0.15, -0.1) is 0 Å². The van der Waals surface area contributed by atoms with Crippen molar-refractivity contribution in [1.29, 1.82) is 0 Å². The van der Waals surface area contributed by atoms with Crippen molar-refractivity contribution < 1.29 is 14.7 Å². The van der Waals surface area contributed by atoms with E-state index in [0.717, 1.165) is 5.56 Å². The summed E-state index contributed by atoms with van der Waals surface area (Å²) in [5.74, 6) is -0.322. The van der Waals surface area contributed by atoms with E-state index in [1.807, 2.05) is 19.1 Å².